The molecule has 0 unspecified atom stereocenters. The summed E-state index contributed by atoms with van der Waals surface area (Å²) in [5, 5.41) is 2.15. The smallest absolute Gasteiger partial charge is 0.408 e. The number of alkyl carbamates (subject to hydrolysis) is 1. The summed E-state index contributed by atoms with van der Waals surface area (Å²) < 4.78 is 31.5. The SMILES string of the molecule is CC(C)C[C@H](NC(=O)OC(C)(C)C)C(=O)NS(=O)(=O)c1ccccn1. The number of aromatic nitrogens is 1. The molecule has 25 heavy (non-hydrogen) atoms. The molecule has 0 saturated carbocycles. The molecule has 1 rings (SSSR count). The fraction of sp³-hybridized carbons (Fsp3) is 0.562. The molecule has 2 N–H and O–H groups in total. The van der Waals surface area contributed by atoms with Crippen molar-refractivity contribution >= 4 is 22.0 Å². The van der Waals surface area contributed by atoms with Crippen molar-refractivity contribution in [3.05, 3.63) is 24.4 Å². The second-order valence-corrected chi connectivity index (χ2v) is 8.60. The van der Waals surface area contributed by atoms with Gasteiger partial charge in [0.15, 0.2) is 5.03 Å². The number of nitrogens with zero attached hydrogens (tertiary/aromatic N) is 1. The van der Waals surface area contributed by atoms with Crippen LogP contribution in [0.4, 0.5) is 4.79 Å². The van der Waals surface area contributed by atoms with Crippen LogP contribution in [0, 0.1) is 5.92 Å². The van der Waals surface area contributed by atoms with Crippen LogP contribution in [0.25, 0.3) is 0 Å². The molecule has 1 atom stereocenters. The highest BCUT2D eigenvalue weighted by molar-refractivity contribution is 7.90. The number of sulfonamides is 1. The second kappa shape index (κ2) is 8.28. The van der Waals surface area contributed by atoms with Gasteiger partial charge in [0.1, 0.15) is 11.6 Å². The van der Waals surface area contributed by atoms with Gasteiger partial charge in [0.2, 0.25) is 0 Å². The third-order valence-corrected chi connectivity index (χ3v) is 4.12. The summed E-state index contributed by atoms with van der Waals surface area (Å²) >= 11 is 0. The number of ether oxygens (including phenoxy) is 1. The first kappa shape index (κ1) is 20.9. The Morgan fingerprint density at radius 2 is 1.88 bits per heavy atom. The van der Waals surface area contributed by atoms with E-state index in [4.69, 9.17) is 4.74 Å². The second-order valence-electron chi connectivity index (χ2n) is 6.97. The van der Waals surface area contributed by atoms with Gasteiger partial charge in [-0.05, 0) is 45.2 Å². The van der Waals surface area contributed by atoms with Crippen molar-refractivity contribution in [2.75, 3.05) is 0 Å². The zero-order valence-electron chi connectivity index (χ0n) is 15.1. The number of hydrogen-bond acceptors (Lipinski definition) is 6. The third kappa shape index (κ3) is 7.51. The van der Waals surface area contributed by atoms with Gasteiger partial charge in [0, 0.05) is 6.20 Å². The van der Waals surface area contributed by atoms with E-state index in [0.29, 0.717) is 0 Å². The Balaban J connectivity index is 2.88. The van der Waals surface area contributed by atoms with Crippen LogP contribution in [0.5, 0.6) is 0 Å². The van der Waals surface area contributed by atoms with Crippen LogP contribution in [0.1, 0.15) is 41.0 Å². The molecule has 9 heteroatoms. The van der Waals surface area contributed by atoms with Crippen LogP contribution in [0.15, 0.2) is 29.4 Å². The maximum Gasteiger partial charge on any atom is 0.408 e. The Labute approximate surface area is 148 Å². The molecule has 0 bridgehead atoms. The summed E-state index contributed by atoms with van der Waals surface area (Å²) in [5.74, 6) is -0.798. The molecule has 0 aliphatic carbocycles. The number of amides is 2. The van der Waals surface area contributed by atoms with E-state index in [-0.39, 0.29) is 17.4 Å². The van der Waals surface area contributed by atoms with Crippen molar-refractivity contribution in [1.29, 1.82) is 0 Å². The number of hydrogen-bond donors (Lipinski definition) is 2. The average molecular weight is 371 g/mol. The first-order chi connectivity index (χ1) is 11.4. The fourth-order valence-electron chi connectivity index (χ4n) is 1.91. The number of carbonyl (C=O) groups excluding carboxylic acids is 2. The quantitative estimate of drug-likeness (QED) is 0.788. The first-order valence-corrected chi connectivity index (χ1v) is 9.36. The number of pyridine rings is 1. The van der Waals surface area contributed by atoms with Crippen LogP contribution in [0.2, 0.25) is 0 Å². The minimum Gasteiger partial charge on any atom is -0.444 e. The van der Waals surface area contributed by atoms with Crippen molar-refractivity contribution in [3.63, 3.8) is 0 Å². The van der Waals surface area contributed by atoms with Crippen LogP contribution in [-0.4, -0.2) is 37.0 Å². The van der Waals surface area contributed by atoms with Gasteiger partial charge < -0.3 is 10.1 Å². The Bertz CT molecular complexity index is 696. The monoisotopic (exact) mass is 371 g/mol. The van der Waals surface area contributed by atoms with E-state index in [1.54, 1.807) is 26.8 Å². The van der Waals surface area contributed by atoms with Gasteiger partial charge in [0.25, 0.3) is 15.9 Å². The van der Waals surface area contributed by atoms with Crippen LogP contribution in [0.3, 0.4) is 0 Å². The molecule has 0 fully saturated rings. The lowest BCUT2D eigenvalue weighted by molar-refractivity contribution is -0.121. The standard InChI is InChI=1S/C16H25N3O5S/c1-11(2)10-12(18-15(21)24-16(3,4)5)14(20)19-25(22,23)13-8-6-7-9-17-13/h6-9,11-12H,10H2,1-5H3,(H,18,21)(H,19,20)/t12-/m0/s1. The number of nitrogens with one attached hydrogen (secondary N) is 2. The highest BCUT2D eigenvalue weighted by atomic mass is 32.2. The average Bonchev–Trinajstić information content (AvgIpc) is 2.44. The molecular weight excluding hydrogens is 346 g/mol. The molecule has 0 aliphatic rings. The van der Waals surface area contributed by atoms with Crippen LogP contribution in [-0.2, 0) is 19.6 Å². The molecule has 0 radical (unpaired) electrons. The molecule has 0 aliphatic heterocycles. The molecule has 0 aromatic carbocycles. The van der Waals surface area contributed by atoms with E-state index < -0.39 is 33.7 Å². The topological polar surface area (TPSA) is 114 Å². The zero-order chi connectivity index (χ0) is 19.3. The lowest BCUT2D eigenvalue weighted by atomic mass is 10.0. The molecule has 1 aromatic heterocycles. The largest absolute Gasteiger partial charge is 0.444 e. The molecule has 140 valence electrons. The molecule has 0 saturated heterocycles. The predicted octanol–water partition coefficient (Wildman–Crippen LogP) is 1.83. The maximum absolute atomic E-state index is 12.4. The molecular formula is C16H25N3O5S. The Morgan fingerprint density at radius 1 is 1.24 bits per heavy atom. The van der Waals surface area contributed by atoms with Crippen LogP contribution >= 0.6 is 0 Å². The van der Waals surface area contributed by atoms with Crippen molar-refractivity contribution in [2.24, 2.45) is 5.92 Å². The van der Waals surface area contributed by atoms with E-state index in [1.165, 1.54) is 18.3 Å². The summed E-state index contributed by atoms with van der Waals surface area (Å²) in [7, 11) is -4.11. The lowest BCUT2D eigenvalue weighted by Crippen LogP contribution is -2.50. The van der Waals surface area contributed by atoms with Gasteiger partial charge in [-0.15, -0.1) is 0 Å². The van der Waals surface area contributed by atoms with Gasteiger partial charge >= 0.3 is 6.09 Å². The van der Waals surface area contributed by atoms with E-state index in [2.05, 4.69) is 10.3 Å². The summed E-state index contributed by atoms with van der Waals surface area (Å²) in [6, 6.07) is 3.28. The van der Waals surface area contributed by atoms with E-state index in [0.717, 1.165) is 0 Å². The van der Waals surface area contributed by atoms with E-state index in [9.17, 15) is 18.0 Å². The van der Waals surface area contributed by atoms with Crippen LogP contribution < -0.4 is 10.0 Å². The minimum absolute atomic E-state index is 0.0447. The van der Waals surface area contributed by atoms with Gasteiger partial charge in [-0.3, -0.25) is 4.79 Å². The Morgan fingerprint density at radius 3 is 2.36 bits per heavy atom. The van der Waals surface area contributed by atoms with Gasteiger partial charge in [-0.25, -0.2) is 14.5 Å². The number of rotatable bonds is 6. The van der Waals surface area contributed by atoms with Gasteiger partial charge in [0.05, 0.1) is 0 Å². The van der Waals surface area contributed by atoms with Gasteiger partial charge in [-0.1, -0.05) is 19.9 Å². The highest BCUT2D eigenvalue weighted by Crippen LogP contribution is 2.11. The van der Waals surface area contributed by atoms with Crippen molar-refractivity contribution in [1.82, 2.24) is 15.0 Å². The highest BCUT2D eigenvalue weighted by Gasteiger charge is 2.28. The normalized spacial score (nSPS) is 13.2. The third-order valence-electron chi connectivity index (χ3n) is 2.86. The molecule has 2 amide bonds. The molecule has 0 spiro atoms. The lowest BCUT2D eigenvalue weighted by Gasteiger charge is -2.24. The summed E-state index contributed by atoms with van der Waals surface area (Å²) in [5.41, 5.74) is -0.733. The van der Waals surface area contributed by atoms with E-state index >= 15 is 0 Å². The van der Waals surface area contributed by atoms with Crippen molar-refractivity contribution in [2.45, 2.75) is 57.7 Å². The zero-order valence-corrected chi connectivity index (χ0v) is 15.9. The Kier molecular flexibility index (Phi) is 6.92. The summed E-state index contributed by atoms with van der Waals surface area (Å²) in [6.45, 7) is 8.77. The number of carbonyl (C=O) groups is 2. The minimum atomic E-state index is -4.11. The molecule has 1 heterocycles. The fourth-order valence-corrected chi connectivity index (χ4v) is 2.88. The summed E-state index contributed by atoms with van der Waals surface area (Å²) in [6.07, 6.45) is 0.774. The first-order valence-electron chi connectivity index (χ1n) is 7.88. The molecule has 8 nitrogen and oxygen atoms in total. The van der Waals surface area contributed by atoms with E-state index in [1.807, 2.05) is 18.6 Å². The van der Waals surface area contributed by atoms with Crippen molar-refractivity contribution < 1.29 is 22.7 Å². The summed E-state index contributed by atoms with van der Waals surface area (Å²) in [4.78, 5) is 28.0. The Hall–Kier alpha value is -2.16. The van der Waals surface area contributed by atoms with Crippen molar-refractivity contribution in [3.8, 4) is 0 Å². The molecule has 1 aromatic rings. The van der Waals surface area contributed by atoms with Gasteiger partial charge in [-0.2, -0.15) is 8.42 Å². The maximum atomic E-state index is 12.4. The predicted molar refractivity (Wildman–Crippen MR) is 92.2 cm³/mol.